The van der Waals surface area contributed by atoms with Gasteiger partial charge in [0.05, 0.1) is 5.92 Å². The van der Waals surface area contributed by atoms with Crippen molar-refractivity contribution in [1.82, 2.24) is 0 Å². The van der Waals surface area contributed by atoms with Gasteiger partial charge in [0.2, 0.25) is 0 Å². The fraction of sp³-hybridized carbons (Fsp3) is 0.500. The lowest BCUT2D eigenvalue weighted by atomic mass is 9.97. The summed E-state index contributed by atoms with van der Waals surface area (Å²) in [5, 5.41) is 0.337. The smallest absolute Gasteiger partial charge is 0.170 e. The molecule has 0 nitrogen and oxygen atoms in total. The standard InChI is InChI=1S/C16H19F3S/c1-3-12-4-7-15(10-11(12)2)20-14-8-5-13(6-9-14)16(17,18)19/h4-5,8-10,13,15H,3,6-7H2,1-2H3. The zero-order valence-electron chi connectivity index (χ0n) is 11.7. The molecule has 0 fully saturated rings. The van der Waals surface area contributed by atoms with Crippen LogP contribution in [0.1, 0.15) is 33.1 Å². The molecular weight excluding hydrogens is 281 g/mol. The van der Waals surface area contributed by atoms with E-state index in [0.717, 1.165) is 17.7 Å². The molecule has 0 saturated carbocycles. The first-order valence-electron chi connectivity index (χ1n) is 6.89. The molecule has 0 heterocycles. The van der Waals surface area contributed by atoms with E-state index in [1.165, 1.54) is 17.2 Å². The SMILES string of the molecule is CCC1=CCC(SC2=CCC(C(F)(F)F)C=C2)C=C1C. The van der Waals surface area contributed by atoms with E-state index in [-0.39, 0.29) is 6.42 Å². The predicted molar refractivity (Wildman–Crippen MR) is 79.5 cm³/mol. The number of allylic oxidation sites excluding steroid dienone is 6. The molecule has 0 bridgehead atoms. The van der Waals surface area contributed by atoms with Crippen LogP contribution in [0.15, 0.2) is 46.4 Å². The van der Waals surface area contributed by atoms with Crippen molar-refractivity contribution in [3.8, 4) is 0 Å². The quantitative estimate of drug-likeness (QED) is 0.635. The number of hydrogen-bond acceptors (Lipinski definition) is 1. The maximum absolute atomic E-state index is 12.6. The normalized spacial score (nSPS) is 26.9. The molecule has 4 heteroatoms. The molecule has 0 aliphatic heterocycles. The first-order valence-corrected chi connectivity index (χ1v) is 7.77. The van der Waals surface area contributed by atoms with Gasteiger partial charge in [-0.1, -0.05) is 42.9 Å². The molecule has 2 atom stereocenters. The minimum Gasteiger partial charge on any atom is -0.170 e. The van der Waals surface area contributed by atoms with Crippen LogP contribution >= 0.6 is 11.8 Å². The van der Waals surface area contributed by atoms with Gasteiger partial charge in [0, 0.05) is 10.2 Å². The van der Waals surface area contributed by atoms with Gasteiger partial charge in [-0.15, -0.1) is 11.8 Å². The molecule has 2 unspecified atom stereocenters. The first kappa shape index (κ1) is 15.5. The van der Waals surface area contributed by atoms with Gasteiger partial charge in [-0.05, 0) is 31.8 Å². The first-order chi connectivity index (χ1) is 9.40. The molecule has 0 N–H and O–H groups in total. The Kier molecular flexibility index (Phi) is 4.84. The molecule has 0 spiro atoms. The molecule has 110 valence electrons. The molecule has 0 aromatic heterocycles. The number of hydrogen-bond donors (Lipinski definition) is 0. The highest BCUT2D eigenvalue weighted by atomic mass is 32.2. The van der Waals surface area contributed by atoms with Crippen LogP contribution in [0.2, 0.25) is 0 Å². The van der Waals surface area contributed by atoms with E-state index in [2.05, 4.69) is 26.0 Å². The Hall–Kier alpha value is -0.900. The Morgan fingerprint density at radius 3 is 2.50 bits per heavy atom. The van der Waals surface area contributed by atoms with Crippen LogP contribution in [0.4, 0.5) is 13.2 Å². The van der Waals surface area contributed by atoms with E-state index in [1.54, 1.807) is 23.9 Å². The summed E-state index contributed by atoms with van der Waals surface area (Å²) in [7, 11) is 0. The largest absolute Gasteiger partial charge is 0.395 e. The van der Waals surface area contributed by atoms with Gasteiger partial charge < -0.3 is 0 Å². The van der Waals surface area contributed by atoms with Crippen LogP contribution in [0, 0.1) is 5.92 Å². The number of thioether (sulfide) groups is 1. The summed E-state index contributed by atoms with van der Waals surface area (Å²) < 4.78 is 37.7. The van der Waals surface area contributed by atoms with Crippen LogP contribution in [0.5, 0.6) is 0 Å². The molecule has 0 aromatic rings. The van der Waals surface area contributed by atoms with Gasteiger partial charge in [0.1, 0.15) is 0 Å². The average molecular weight is 300 g/mol. The second kappa shape index (κ2) is 6.25. The fourth-order valence-electron chi connectivity index (χ4n) is 2.48. The summed E-state index contributed by atoms with van der Waals surface area (Å²) in [4.78, 5) is 0.952. The van der Waals surface area contributed by atoms with Crippen molar-refractivity contribution in [2.75, 3.05) is 0 Å². The molecule has 2 aliphatic rings. The monoisotopic (exact) mass is 300 g/mol. The van der Waals surface area contributed by atoms with Crippen LogP contribution in [0.3, 0.4) is 0 Å². The number of rotatable bonds is 3. The Bertz CT molecular complexity index is 480. The van der Waals surface area contributed by atoms with Crippen molar-refractivity contribution in [1.29, 1.82) is 0 Å². The van der Waals surface area contributed by atoms with Crippen molar-refractivity contribution in [2.24, 2.45) is 5.92 Å². The van der Waals surface area contributed by atoms with Crippen molar-refractivity contribution in [3.05, 3.63) is 46.4 Å². The van der Waals surface area contributed by atoms with E-state index >= 15 is 0 Å². The summed E-state index contributed by atoms with van der Waals surface area (Å²) in [6, 6.07) is 0. The fourth-order valence-corrected chi connectivity index (χ4v) is 3.65. The molecule has 0 saturated heterocycles. The third-order valence-electron chi connectivity index (χ3n) is 3.69. The second-order valence-electron chi connectivity index (χ2n) is 5.17. The maximum Gasteiger partial charge on any atom is 0.395 e. The number of halogens is 3. The van der Waals surface area contributed by atoms with Gasteiger partial charge in [-0.25, -0.2) is 0 Å². The highest BCUT2D eigenvalue weighted by Gasteiger charge is 2.37. The maximum atomic E-state index is 12.6. The summed E-state index contributed by atoms with van der Waals surface area (Å²) in [6.07, 6.45) is 7.03. The summed E-state index contributed by atoms with van der Waals surface area (Å²) in [6.45, 7) is 4.24. The van der Waals surface area contributed by atoms with E-state index in [9.17, 15) is 13.2 Å². The van der Waals surface area contributed by atoms with E-state index in [4.69, 9.17) is 0 Å². The van der Waals surface area contributed by atoms with Crippen molar-refractivity contribution in [3.63, 3.8) is 0 Å². The van der Waals surface area contributed by atoms with Gasteiger partial charge >= 0.3 is 6.18 Å². The molecular formula is C16H19F3S. The van der Waals surface area contributed by atoms with E-state index < -0.39 is 12.1 Å². The lowest BCUT2D eigenvalue weighted by molar-refractivity contribution is -0.160. The van der Waals surface area contributed by atoms with Crippen LogP contribution < -0.4 is 0 Å². The van der Waals surface area contributed by atoms with Gasteiger partial charge in [0.25, 0.3) is 0 Å². The zero-order valence-corrected chi connectivity index (χ0v) is 12.5. The number of alkyl halides is 3. The van der Waals surface area contributed by atoms with Crippen LogP contribution in [0.25, 0.3) is 0 Å². The van der Waals surface area contributed by atoms with E-state index in [1.807, 2.05) is 0 Å². The van der Waals surface area contributed by atoms with Crippen molar-refractivity contribution in [2.45, 2.75) is 44.5 Å². The highest BCUT2D eigenvalue weighted by molar-refractivity contribution is 8.04. The molecule has 20 heavy (non-hydrogen) atoms. The molecule has 0 aromatic carbocycles. The predicted octanol–water partition coefficient (Wildman–Crippen LogP) is 5.80. The lowest BCUT2D eigenvalue weighted by Crippen LogP contribution is -2.21. The minimum absolute atomic E-state index is 0.0633. The Balaban J connectivity index is 1.93. The lowest BCUT2D eigenvalue weighted by Gasteiger charge is -2.22. The van der Waals surface area contributed by atoms with Crippen molar-refractivity contribution >= 4 is 11.8 Å². The topological polar surface area (TPSA) is 0 Å². The second-order valence-corrected chi connectivity index (χ2v) is 6.49. The Morgan fingerprint density at radius 2 is 2.00 bits per heavy atom. The molecule has 2 aliphatic carbocycles. The third kappa shape index (κ3) is 3.81. The average Bonchev–Trinajstić information content (AvgIpc) is 2.38. The third-order valence-corrected chi connectivity index (χ3v) is 4.90. The minimum atomic E-state index is -4.12. The molecule has 2 rings (SSSR count). The summed E-state index contributed by atoms with van der Waals surface area (Å²) >= 11 is 1.66. The Labute approximate surface area is 122 Å². The van der Waals surface area contributed by atoms with Gasteiger partial charge in [0.15, 0.2) is 0 Å². The van der Waals surface area contributed by atoms with Crippen LogP contribution in [-0.4, -0.2) is 11.4 Å². The Morgan fingerprint density at radius 1 is 1.25 bits per heavy atom. The van der Waals surface area contributed by atoms with Crippen molar-refractivity contribution < 1.29 is 13.2 Å². The van der Waals surface area contributed by atoms with Gasteiger partial charge in [-0.2, -0.15) is 13.2 Å². The van der Waals surface area contributed by atoms with Crippen LogP contribution in [-0.2, 0) is 0 Å². The van der Waals surface area contributed by atoms with E-state index in [0.29, 0.717) is 5.25 Å². The zero-order chi connectivity index (χ0) is 14.8. The molecule has 0 amide bonds. The summed E-state index contributed by atoms with van der Waals surface area (Å²) in [5.74, 6) is -1.32. The summed E-state index contributed by atoms with van der Waals surface area (Å²) in [5.41, 5.74) is 2.68. The molecule has 0 radical (unpaired) electrons. The highest BCUT2D eigenvalue weighted by Crippen LogP contribution is 2.38. The van der Waals surface area contributed by atoms with Gasteiger partial charge in [-0.3, -0.25) is 0 Å².